The van der Waals surface area contributed by atoms with Crippen molar-refractivity contribution in [1.29, 1.82) is 0 Å². The first-order valence-corrected chi connectivity index (χ1v) is 13.5. The Bertz CT molecular complexity index is 886. The van der Waals surface area contributed by atoms with Crippen molar-refractivity contribution in [2.45, 2.75) is 87.4 Å². The summed E-state index contributed by atoms with van der Waals surface area (Å²) >= 11 is 1.56. The Morgan fingerprint density at radius 1 is 1.18 bits per heavy atom. The van der Waals surface area contributed by atoms with E-state index >= 15 is 0 Å². The zero-order valence-electron chi connectivity index (χ0n) is 20.7. The molecule has 7 nitrogen and oxygen atoms in total. The molecule has 0 aliphatic carbocycles. The molecule has 4 aliphatic heterocycles. The zero-order chi connectivity index (χ0) is 24.7. The number of thioether (sulfide) groups is 1. The first kappa shape index (κ1) is 25.3. The number of fused-ring (bicyclic) bond motifs is 2. The van der Waals surface area contributed by atoms with Crippen LogP contribution in [0, 0.1) is 11.8 Å². The van der Waals surface area contributed by atoms with Crippen molar-refractivity contribution in [1.82, 2.24) is 9.80 Å². The minimum Gasteiger partial charge on any atom is -0.465 e. The molecule has 2 unspecified atom stereocenters. The van der Waals surface area contributed by atoms with Crippen molar-refractivity contribution in [3.8, 4) is 0 Å². The van der Waals surface area contributed by atoms with E-state index in [1.807, 2.05) is 30.9 Å². The Kier molecular flexibility index (Phi) is 7.21. The number of esters is 1. The molecule has 4 heterocycles. The van der Waals surface area contributed by atoms with Gasteiger partial charge in [-0.3, -0.25) is 14.4 Å². The molecule has 1 spiro atoms. The summed E-state index contributed by atoms with van der Waals surface area (Å²) in [6.07, 6.45) is 12.1. The molecule has 0 bridgehead atoms. The maximum Gasteiger partial charge on any atom is 0.311 e. The summed E-state index contributed by atoms with van der Waals surface area (Å²) in [5.41, 5.74) is 0. The molecular weight excluding hydrogens is 452 g/mol. The smallest absolute Gasteiger partial charge is 0.311 e. The Labute approximate surface area is 206 Å². The fraction of sp³-hybridized carbons (Fsp3) is 0.731. The Hall–Kier alpha value is -1.80. The molecule has 4 aliphatic rings. The molecule has 188 valence electrons. The molecule has 4 rings (SSSR count). The van der Waals surface area contributed by atoms with Gasteiger partial charge in [-0.2, -0.15) is 0 Å². The predicted molar refractivity (Wildman–Crippen MR) is 132 cm³/mol. The van der Waals surface area contributed by atoms with E-state index in [1.165, 1.54) is 0 Å². The van der Waals surface area contributed by atoms with Crippen LogP contribution in [0.4, 0.5) is 0 Å². The van der Waals surface area contributed by atoms with E-state index in [0.717, 1.165) is 25.7 Å². The largest absolute Gasteiger partial charge is 0.465 e. The van der Waals surface area contributed by atoms with E-state index < -0.39 is 33.4 Å². The normalized spacial score (nSPS) is 38.1. The molecule has 2 amide bonds. The van der Waals surface area contributed by atoms with E-state index in [2.05, 4.69) is 26.0 Å². The zero-order valence-corrected chi connectivity index (χ0v) is 21.6. The van der Waals surface area contributed by atoms with Crippen LogP contribution in [0.2, 0.25) is 0 Å². The number of hydrogen-bond acceptors (Lipinski definition) is 6. The number of ether oxygens (including phenoxy) is 1. The minimum absolute atomic E-state index is 0.0338. The van der Waals surface area contributed by atoms with Gasteiger partial charge in [-0.15, -0.1) is 11.8 Å². The lowest BCUT2D eigenvalue weighted by Crippen LogP contribution is -2.57. The van der Waals surface area contributed by atoms with Crippen LogP contribution in [0.15, 0.2) is 24.3 Å². The van der Waals surface area contributed by atoms with Gasteiger partial charge in [0.25, 0.3) is 0 Å². The van der Waals surface area contributed by atoms with Gasteiger partial charge in [0.15, 0.2) is 0 Å². The summed E-state index contributed by atoms with van der Waals surface area (Å²) < 4.78 is 4.09. The number of carbonyl (C=O) groups excluding carboxylic acids is 3. The highest BCUT2D eigenvalue weighted by atomic mass is 32.2. The van der Waals surface area contributed by atoms with E-state index in [9.17, 15) is 19.5 Å². The first-order chi connectivity index (χ1) is 16.3. The van der Waals surface area contributed by atoms with Crippen LogP contribution in [-0.4, -0.2) is 80.1 Å². The number of carbonyl (C=O) groups is 3. The highest BCUT2D eigenvalue weighted by Gasteiger charge is 2.74. The maximum absolute atomic E-state index is 14.2. The summed E-state index contributed by atoms with van der Waals surface area (Å²) in [4.78, 5) is 45.3. The summed E-state index contributed by atoms with van der Waals surface area (Å²) in [6.45, 7) is 8.64. The standard InChI is InChI=1S/C26H38N2O5S/c1-5-11-17(3)27-14-10-13-26-19(22(30)28(18(6-2)16-29)21(26)23(27)31)20-24(32)33-15-9-7-8-12-25(20,4)34-26/h8,10,12-13,17-21,29H,5-7,9,11,14-16H2,1-4H3/b12-8-/t17?,18-,19-,20-,21?,25+,26-/m0/s1. The number of aliphatic hydroxyl groups excluding tert-OH is 1. The lowest BCUT2D eigenvalue weighted by atomic mass is 9.74. The molecule has 1 N–H and O–H groups in total. The number of nitrogens with zero attached hydrogens (tertiary/aromatic N) is 2. The van der Waals surface area contributed by atoms with Crippen molar-refractivity contribution in [3.05, 3.63) is 24.3 Å². The number of hydrogen-bond donors (Lipinski definition) is 1. The lowest BCUT2D eigenvalue weighted by molar-refractivity contribution is -0.154. The molecule has 2 fully saturated rings. The van der Waals surface area contributed by atoms with Crippen LogP contribution in [0.5, 0.6) is 0 Å². The van der Waals surface area contributed by atoms with E-state index in [1.54, 1.807) is 16.7 Å². The molecule has 8 heteroatoms. The summed E-state index contributed by atoms with van der Waals surface area (Å²) in [5, 5.41) is 10.2. The summed E-state index contributed by atoms with van der Waals surface area (Å²) in [6, 6.07) is -1.21. The van der Waals surface area contributed by atoms with Gasteiger partial charge in [0.05, 0.1) is 35.8 Å². The molecule has 2 saturated heterocycles. The van der Waals surface area contributed by atoms with Crippen molar-refractivity contribution in [2.75, 3.05) is 19.8 Å². The van der Waals surface area contributed by atoms with Gasteiger partial charge < -0.3 is 19.6 Å². The van der Waals surface area contributed by atoms with Crippen molar-refractivity contribution < 1.29 is 24.2 Å². The molecule has 34 heavy (non-hydrogen) atoms. The molecular formula is C26H38N2O5S. The molecule has 0 aromatic heterocycles. The van der Waals surface area contributed by atoms with Gasteiger partial charge in [0, 0.05) is 17.3 Å². The monoisotopic (exact) mass is 490 g/mol. The minimum atomic E-state index is -0.889. The van der Waals surface area contributed by atoms with E-state index in [4.69, 9.17) is 4.74 Å². The Morgan fingerprint density at radius 3 is 2.62 bits per heavy atom. The maximum atomic E-state index is 14.2. The number of likely N-dealkylation sites (tertiary alicyclic amines) is 1. The van der Waals surface area contributed by atoms with Crippen molar-refractivity contribution >= 4 is 29.5 Å². The average molecular weight is 491 g/mol. The third kappa shape index (κ3) is 3.81. The van der Waals surface area contributed by atoms with Crippen LogP contribution in [0.25, 0.3) is 0 Å². The first-order valence-electron chi connectivity index (χ1n) is 12.7. The molecule has 0 saturated carbocycles. The highest BCUT2D eigenvalue weighted by molar-refractivity contribution is 8.02. The van der Waals surface area contributed by atoms with Gasteiger partial charge in [0.2, 0.25) is 11.8 Å². The van der Waals surface area contributed by atoms with E-state index in [0.29, 0.717) is 19.6 Å². The number of allylic oxidation sites excluding steroid dienone is 1. The summed E-state index contributed by atoms with van der Waals surface area (Å²) in [7, 11) is 0. The molecule has 0 aromatic carbocycles. The topological polar surface area (TPSA) is 87.2 Å². The van der Waals surface area contributed by atoms with Crippen molar-refractivity contribution in [2.24, 2.45) is 11.8 Å². The number of rotatable bonds is 6. The second-order valence-corrected chi connectivity index (χ2v) is 12.0. The highest BCUT2D eigenvalue weighted by Crippen LogP contribution is 2.65. The SMILES string of the molecule is CCCC(C)N1CC=C[C@]23S[C@]4(C)/C=C\CCCOC(=O)[C@@H]4[C@H]2C(=O)N([C@@H](CC)CO)C3C1=O. The second kappa shape index (κ2) is 9.69. The Balaban J connectivity index is 1.88. The van der Waals surface area contributed by atoms with Crippen LogP contribution in [-0.2, 0) is 19.1 Å². The van der Waals surface area contributed by atoms with Crippen molar-refractivity contribution in [3.63, 3.8) is 0 Å². The van der Waals surface area contributed by atoms with Gasteiger partial charge in [-0.1, -0.05) is 44.6 Å². The second-order valence-electron chi connectivity index (χ2n) is 10.2. The Morgan fingerprint density at radius 2 is 1.94 bits per heavy atom. The molecule has 0 radical (unpaired) electrons. The number of aliphatic hydroxyl groups is 1. The molecule has 0 aromatic rings. The van der Waals surface area contributed by atoms with Crippen LogP contribution in [0.1, 0.15) is 59.8 Å². The predicted octanol–water partition coefficient (Wildman–Crippen LogP) is 2.93. The van der Waals surface area contributed by atoms with Gasteiger partial charge in [-0.05, 0) is 39.5 Å². The third-order valence-electron chi connectivity index (χ3n) is 8.03. The van der Waals surface area contributed by atoms with Gasteiger partial charge in [0.1, 0.15) is 6.04 Å². The third-order valence-corrected chi connectivity index (χ3v) is 9.83. The fourth-order valence-electron chi connectivity index (χ4n) is 6.37. The average Bonchev–Trinajstić information content (AvgIpc) is 3.15. The quantitative estimate of drug-likeness (QED) is 0.455. The lowest BCUT2D eigenvalue weighted by Gasteiger charge is -2.40. The number of amides is 2. The fourth-order valence-corrected chi connectivity index (χ4v) is 8.51. The number of cyclic esters (lactones) is 1. The van der Waals surface area contributed by atoms with Crippen LogP contribution < -0.4 is 0 Å². The van der Waals surface area contributed by atoms with Gasteiger partial charge in [-0.25, -0.2) is 0 Å². The van der Waals surface area contributed by atoms with Gasteiger partial charge >= 0.3 is 5.97 Å². The summed E-state index contributed by atoms with van der Waals surface area (Å²) in [5.74, 6) is -2.09. The molecule has 7 atom stereocenters. The van der Waals surface area contributed by atoms with Crippen LogP contribution >= 0.6 is 11.8 Å². The van der Waals surface area contributed by atoms with Crippen LogP contribution in [0.3, 0.4) is 0 Å². The van der Waals surface area contributed by atoms with E-state index in [-0.39, 0.29) is 30.4 Å².